The molecule has 0 aromatic heterocycles. The highest BCUT2D eigenvalue weighted by Gasteiger charge is 2.11. The Hall–Kier alpha value is -2.62. The Morgan fingerprint density at radius 1 is 0.920 bits per heavy atom. The van der Waals surface area contributed by atoms with E-state index < -0.39 is 0 Å². The van der Waals surface area contributed by atoms with Crippen molar-refractivity contribution in [2.45, 2.75) is 33.6 Å². The summed E-state index contributed by atoms with van der Waals surface area (Å²) in [7, 11) is 0. The maximum atomic E-state index is 12.3. The number of Topliss-reactive ketones (excluding diaryl/α,β-unsaturated/α-hetero) is 1. The highest BCUT2D eigenvalue weighted by atomic mass is 16.5. The molecule has 0 saturated carbocycles. The molecular weight excluding hydrogens is 314 g/mol. The van der Waals surface area contributed by atoms with Crippen LogP contribution < -0.4 is 10.1 Å². The molecule has 132 valence electrons. The highest BCUT2D eigenvalue weighted by molar-refractivity contribution is 5.99. The van der Waals surface area contributed by atoms with E-state index in [-0.39, 0.29) is 24.5 Å². The zero-order chi connectivity index (χ0) is 18.2. The number of amides is 1. The molecule has 4 nitrogen and oxygen atoms in total. The van der Waals surface area contributed by atoms with Gasteiger partial charge in [0, 0.05) is 18.4 Å². The number of ether oxygens (including phenoxy) is 1. The lowest BCUT2D eigenvalue weighted by Gasteiger charge is -2.09. The average molecular weight is 339 g/mol. The van der Waals surface area contributed by atoms with E-state index in [2.05, 4.69) is 5.32 Å². The van der Waals surface area contributed by atoms with Crippen LogP contribution in [0.3, 0.4) is 0 Å². The summed E-state index contributed by atoms with van der Waals surface area (Å²) < 4.78 is 5.55. The molecule has 0 spiro atoms. The molecule has 0 saturated heterocycles. The predicted octanol–water partition coefficient (Wildman–Crippen LogP) is 3.77. The van der Waals surface area contributed by atoms with Crippen LogP contribution in [-0.2, 0) is 4.79 Å². The Morgan fingerprint density at radius 3 is 2.32 bits per heavy atom. The van der Waals surface area contributed by atoms with Gasteiger partial charge < -0.3 is 10.1 Å². The Labute approximate surface area is 149 Å². The first-order chi connectivity index (χ1) is 12.0. The summed E-state index contributed by atoms with van der Waals surface area (Å²) in [6, 6.07) is 13.6. The third-order valence-corrected chi connectivity index (χ3v) is 3.99. The third-order valence-electron chi connectivity index (χ3n) is 3.99. The lowest BCUT2D eigenvalue weighted by atomic mass is 9.99. The van der Waals surface area contributed by atoms with Crippen molar-refractivity contribution in [3.05, 3.63) is 64.7 Å². The molecule has 25 heavy (non-hydrogen) atoms. The standard InChI is InChI=1S/C21H25NO3/c1-15-5-8-18(9-6-15)25-13-12-22-21(24)11-10-20(23)19-14-16(2)4-7-17(19)3/h4-9,14H,10-13H2,1-3H3,(H,22,24). The Bertz CT molecular complexity index is 735. The van der Waals surface area contributed by atoms with E-state index in [0.29, 0.717) is 18.7 Å². The van der Waals surface area contributed by atoms with E-state index in [1.54, 1.807) is 0 Å². The van der Waals surface area contributed by atoms with E-state index in [1.807, 2.05) is 63.2 Å². The topological polar surface area (TPSA) is 55.4 Å². The fourth-order valence-corrected chi connectivity index (χ4v) is 2.48. The SMILES string of the molecule is Cc1ccc(OCCNC(=O)CCC(=O)c2cc(C)ccc2C)cc1. The van der Waals surface area contributed by atoms with Crippen molar-refractivity contribution < 1.29 is 14.3 Å². The molecule has 2 aromatic rings. The van der Waals surface area contributed by atoms with Crippen molar-refractivity contribution >= 4 is 11.7 Å². The van der Waals surface area contributed by atoms with Crippen molar-refractivity contribution in [3.63, 3.8) is 0 Å². The molecule has 1 amide bonds. The first-order valence-corrected chi connectivity index (χ1v) is 8.52. The number of ketones is 1. The predicted molar refractivity (Wildman–Crippen MR) is 99.2 cm³/mol. The number of aryl methyl sites for hydroxylation is 3. The molecule has 4 heteroatoms. The van der Waals surface area contributed by atoms with Crippen LogP contribution in [0.15, 0.2) is 42.5 Å². The van der Waals surface area contributed by atoms with Gasteiger partial charge in [0.2, 0.25) is 5.91 Å². The van der Waals surface area contributed by atoms with E-state index in [9.17, 15) is 9.59 Å². The van der Waals surface area contributed by atoms with Crippen LogP contribution in [0.5, 0.6) is 5.75 Å². The van der Waals surface area contributed by atoms with E-state index >= 15 is 0 Å². The van der Waals surface area contributed by atoms with Crippen LogP contribution in [-0.4, -0.2) is 24.8 Å². The molecular formula is C21H25NO3. The van der Waals surface area contributed by atoms with Crippen molar-refractivity contribution in [1.82, 2.24) is 5.32 Å². The quantitative estimate of drug-likeness (QED) is 0.588. The van der Waals surface area contributed by atoms with Gasteiger partial charge in [-0.1, -0.05) is 35.4 Å². The smallest absolute Gasteiger partial charge is 0.220 e. The second-order valence-corrected chi connectivity index (χ2v) is 6.25. The number of carbonyl (C=O) groups excluding carboxylic acids is 2. The number of carbonyl (C=O) groups is 2. The number of nitrogens with one attached hydrogen (secondary N) is 1. The molecule has 0 fully saturated rings. The second-order valence-electron chi connectivity index (χ2n) is 6.25. The molecule has 2 rings (SSSR count). The van der Waals surface area contributed by atoms with Crippen LogP contribution in [0, 0.1) is 20.8 Å². The molecule has 0 atom stereocenters. The fraction of sp³-hybridized carbons (Fsp3) is 0.333. The second kappa shape index (κ2) is 9.02. The van der Waals surface area contributed by atoms with E-state index in [4.69, 9.17) is 4.74 Å². The first-order valence-electron chi connectivity index (χ1n) is 8.52. The average Bonchev–Trinajstić information content (AvgIpc) is 2.60. The van der Waals surface area contributed by atoms with Crippen LogP contribution in [0.1, 0.15) is 39.9 Å². The van der Waals surface area contributed by atoms with E-state index in [0.717, 1.165) is 16.9 Å². The van der Waals surface area contributed by atoms with Gasteiger partial charge in [0.25, 0.3) is 0 Å². The number of hydrogen-bond acceptors (Lipinski definition) is 3. The number of rotatable bonds is 8. The normalized spacial score (nSPS) is 10.4. The summed E-state index contributed by atoms with van der Waals surface area (Å²) in [6.07, 6.45) is 0.408. The Morgan fingerprint density at radius 2 is 1.60 bits per heavy atom. The van der Waals surface area contributed by atoms with Gasteiger partial charge in [0.1, 0.15) is 12.4 Å². The monoisotopic (exact) mass is 339 g/mol. The molecule has 0 bridgehead atoms. The number of benzene rings is 2. The molecule has 0 heterocycles. The van der Waals surface area contributed by atoms with Crippen LogP contribution in [0.4, 0.5) is 0 Å². The summed E-state index contributed by atoms with van der Waals surface area (Å²) in [4.78, 5) is 24.1. The Balaban J connectivity index is 1.69. The summed E-state index contributed by atoms with van der Waals surface area (Å²) in [5.74, 6) is 0.656. The van der Waals surface area contributed by atoms with Crippen molar-refractivity contribution in [2.75, 3.05) is 13.2 Å². The van der Waals surface area contributed by atoms with Gasteiger partial charge in [-0.2, -0.15) is 0 Å². The maximum Gasteiger partial charge on any atom is 0.220 e. The fourth-order valence-electron chi connectivity index (χ4n) is 2.48. The molecule has 0 aliphatic carbocycles. The lowest BCUT2D eigenvalue weighted by molar-refractivity contribution is -0.121. The highest BCUT2D eigenvalue weighted by Crippen LogP contribution is 2.14. The first kappa shape index (κ1) is 18.7. The molecule has 1 N–H and O–H groups in total. The summed E-state index contributed by atoms with van der Waals surface area (Å²) >= 11 is 0. The van der Waals surface area contributed by atoms with Crippen LogP contribution in [0.2, 0.25) is 0 Å². The minimum Gasteiger partial charge on any atom is -0.492 e. The zero-order valence-corrected chi connectivity index (χ0v) is 15.1. The van der Waals surface area contributed by atoms with Gasteiger partial charge in [0.15, 0.2) is 5.78 Å². The van der Waals surface area contributed by atoms with Crippen LogP contribution >= 0.6 is 0 Å². The summed E-state index contributed by atoms with van der Waals surface area (Å²) in [6.45, 7) is 6.71. The minimum atomic E-state index is -0.133. The zero-order valence-electron chi connectivity index (χ0n) is 15.1. The van der Waals surface area contributed by atoms with Gasteiger partial charge in [-0.15, -0.1) is 0 Å². The number of hydrogen-bond donors (Lipinski definition) is 1. The third kappa shape index (κ3) is 6.07. The molecule has 0 aliphatic heterocycles. The molecule has 0 radical (unpaired) electrons. The minimum absolute atomic E-state index is 0.00672. The van der Waals surface area contributed by atoms with Crippen molar-refractivity contribution in [2.24, 2.45) is 0 Å². The van der Waals surface area contributed by atoms with Gasteiger partial charge in [0.05, 0.1) is 6.54 Å². The van der Waals surface area contributed by atoms with Gasteiger partial charge in [-0.25, -0.2) is 0 Å². The van der Waals surface area contributed by atoms with Crippen molar-refractivity contribution in [3.8, 4) is 5.75 Å². The largest absolute Gasteiger partial charge is 0.492 e. The summed E-state index contributed by atoms with van der Waals surface area (Å²) in [5.41, 5.74) is 3.87. The maximum absolute atomic E-state index is 12.3. The Kier molecular flexibility index (Phi) is 6.75. The van der Waals surface area contributed by atoms with Crippen molar-refractivity contribution in [1.29, 1.82) is 0 Å². The molecule has 2 aromatic carbocycles. The van der Waals surface area contributed by atoms with E-state index in [1.165, 1.54) is 5.56 Å². The lowest BCUT2D eigenvalue weighted by Crippen LogP contribution is -2.28. The van der Waals surface area contributed by atoms with Crippen LogP contribution in [0.25, 0.3) is 0 Å². The molecule has 0 unspecified atom stereocenters. The van der Waals surface area contributed by atoms with Gasteiger partial charge in [-0.05, 0) is 44.5 Å². The summed E-state index contributed by atoms with van der Waals surface area (Å²) in [5, 5.41) is 2.78. The van der Waals surface area contributed by atoms with Gasteiger partial charge in [-0.3, -0.25) is 9.59 Å². The molecule has 0 aliphatic rings. The van der Waals surface area contributed by atoms with Gasteiger partial charge >= 0.3 is 0 Å².